The minimum atomic E-state index is 0.0721. The van der Waals surface area contributed by atoms with E-state index in [4.69, 9.17) is 23.2 Å². The maximum absolute atomic E-state index is 6.73. The predicted octanol–water partition coefficient (Wildman–Crippen LogP) is 7.44. The van der Waals surface area contributed by atoms with E-state index in [1.165, 1.54) is 18.5 Å². The van der Waals surface area contributed by atoms with Crippen molar-refractivity contribution < 1.29 is 0 Å². The van der Waals surface area contributed by atoms with E-state index in [0.29, 0.717) is 18.0 Å². The normalized spacial score (nSPS) is 25.9. The Morgan fingerprint density at radius 2 is 1.83 bits per heavy atom. The summed E-state index contributed by atoms with van der Waals surface area (Å²) in [4.78, 5) is 7.33. The summed E-state index contributed by atoms with van der Waals surface area (Å²) in [5.74, 6) is 0.521. The topological polar surface area (TPSA) is 16.1 Å². The molecule has 2 aliphatic heterocycles. The molecule has 0 N–H and O–H groups in total. The van der Waals surface area contributed by atoms with Crippen molar-refractivity contribution in [3.8, 4) is 0 Å². The lowest BCUT2D eigenvalue weighted by Crippen LogP contribution is -2.45. The number of allylic oxidation sites excluding steroid dienone is 4. The SMILES string of the molecule is C=C/C=C\C(Cl)=C(/C)C(c1ccccc1Cl)N1C2CCC1CC(c1ccccn1)C2. The van der Waals surface area contributed by atoms with Gasteiger partial charge >= 0.3 is 0 Å². The van der Waals surface area contributed by atoms with Crippen molar-refractivity contribution in [1.29, 1.82) is 0 Å². The van der Waals surface area contributed by atoms with Crippen LogP contribution in [-0.4, -0.2) is 22.0 Å². The number of pyridine rings is 1. The fourth-order valence-corrected chi connectivity index (χ4v) is 5.64. The third-order valence-electron chi connectivity index (χ3n) is 6.56. The molecule has 3 unspecified atom stereocenters. The molecule has 30 heavy (non-hydrogen) atoms. The number of aromatic nitrogens is 1. The van der Waals surface area contributed by atoms with Crippen LogP contribution in [0.25, 0.3) is 0 Å². The summed E-state index contributed by atoms with van der Waals surface area (Å²) < 4.78 is 0. The number of hydrogen-bond acceptors (Lipinski definition) is 2. The third-order valence-corrected chi connectivity index (χ3v) is 7.33. The number of halogens is 2. The first kappa shape index (κ1) is 21.4. The van der Waals surface area contributed by atoms with Crippen LogP contribution in [0.4, 0.5) is 0 Å². The zero-order valence-electron chi connectivity index (χ0n) is 17.3. The van der Waals surface area contributed by atoms with E-state index in [0.717, 1.165) is 34.0 Å². The van der Waals surface area contributed by atoms with Gasteiger partial charge in [0.15, 0.2) is 0 Å². The maximum atomic E-state index is 6.73. The molecule has 2 aromatic rings. The molecular weight excluding hydrogens is 411 g/mol. The van der Waals surface area contributed by atoms with Crippen molar-refractivity contribution in [3.05, 3.63) is 100 Å². The fourth-order valence-electron chi connectivity index (χ4n) is 5.22. The molecule has 4 heteroatoms. The summed E-state index contributed by atoms with van der Waals surface area (Å²) in [6.45, 7) is 5.90. The van der Waals surface area contributed by atoms with Crippen molar-refractivity contribution in [3.63, 3.8) is 0 Å². The highest BCUT2D eigenvalue weighted by Crippen LogP contribution is 2.49. The molecule has 0 radical (unpaired) electrons. The summed E-state index contributed by atoms with van der Waals surface area (Å²) in [5.41, 5.74) is 3.49. The molecule has 1 aromatic heterocycles. The van der Waals surface area contributed by atoms with E-state index in [1.807, 2.05) is 36.5 Å². The molecule has 2 aliphatic rings. The van der Waals surface area contributed by atoms with Gasteiger partial charge < -0.3 is 0 Å². The Balaban J connectivity index is 1.71. The maximum Gasteiger partial charge on any atom is 0.0595 e. The van der Waals surface area contributed by atoms with E-state index in [-0.39, 0.29) is 6.04 Å². The van der Waals surface area contributed by atoms with Gasteiger partial charge in [0.2, 0.25) is 0 Å². The monoisotopic (exact) mass is 438 g/mol. The Bertz CT molecular complexity index is 937. The van der Waals surface area contributed by atoms with Crippen molar-refractivity contribution in [2.45, 2.75) is 56.7 Å². The molecule has 0 aliphatic carbocycles. The van der Waals surface area contributed by atoms with Crippen LogP contribution in [0.2, 0.25) is 5.02 Å². The van der Waals surface area contributed by atoms with Crippen molar-refractivity contribution in [1.82, 2.24) is 9.88 Å². The largest absolute Gasteiger partial charge is 0.287 e. The summed E-state index contributed by atoms with van der Waals surface area (Å²) in [5, 5.41) is 1.55. The van der Waals surface area contributed by atoms with Crippen LogP contribution in [0, 0.1) is 0 Å². The molecule has 0 spiro atoms. The van der Waals surface area contributed by atoms with E-state index >= 15 is 0 Å². The van der Waals surface area contributed by atoms with Crippen LogP contribution in [0.1, 0.15) is 55.8 Å². The summed E-state index contributed by atoms with van der Waals surface area (Å²) >= 11 is 13.4. The first-order valence-electron chi connectivity index (χ1n) is 10.7. The lowest BCUT2D eigenvalue weighted by Gasteiger charge is -2.44. The van der Waals surface area contributed by atoms with Gasteiger partial charge in [-0.05, 0) is 68.0 Å². The zero-order chi connectivity index (χ0) is 21.1. The lowest BCUT2D eigenvalue weighted by atomic mass is 9.84. The van der Waals surface area contributed by atoms with Crippen LogP contribution in [0.3, 0.4) is 0 Å². The Morgan fingerprint density at radius 1 is 1.13 bits per heavy atom. The van der Waals surface area contributed by atoms with Crippen LogP contribution < -0.4 is 0 Å². The average molecular weight is 439 g/mol. The number of fused-ring (bicyclic) bond motifs is 2. The molecule has 0 saturated carbocycles. The van der Waals surface area contributed by atoms with Crippen molar-refractivity contribution >= 4 is 23.2 Å². The molecule has 3 heterocycles. The minimum absolute atomic E-state index is 0.0721. The molecular formula is C26H28Cl2N2. The first-order valence-corrected chi connectivity index (χ1v) is 11.4. The van der Waals surface area contributed by atoms with Crippen molar-refractivity contribution in [2.24, 2.45) is 0 Å². The number of piperidine rings is 1. The average Bonchev–Trinajstić information content (AvgIpc) is 3.02. The molecule has 156 valence electrons. The van der Waals surface area contributed by atoms with Crippen LogP contribution >= 0.6 is 23.2 Å². The summed E-state index contributed by atoms with van der Waals surface area (Å²) in [6.07, 6.45) is 12.2. The molecule has 1 aromatic carbocycles. The van der Waals surface area contributed by atoms with Crippen LogP contribution in [0.5, 0.6) is 0 Å². The molecule has 2 saturated heterocycles. The molecule has 2 nitrogen and oxygen atoms in total. The standard InChI is InChI=1S/C26H28Cl2N2/c1-3-4-10-23(27)18(2)26(22-9-5-6-11-24(22)28)30-20-13-14-21(30)17-19(16-20)25-12-7-8-15-29-25/h3-12,15,19-21,26H,1,13-14,16-17H2,2H3/b10-4-,23-18-. The smallest absolute Gasteiger partial charge is 0.0595 e. The van der Waals surface area contributed by atoms with Gasteiger partial charge in [-0.1, -0.05) is 66.2 Å². The molecule has 3 atom stereocenters. The highest BCUT2D eigenvalue weighted by molar-refractivity contribution is 6.32. The van der Waals surface area contributed by atoms with Crippen molar-refractivity contribution in [2.75, 3.05) is 0 Å². The Morgan fingerprint density at radius 3 is 2.47 bits per heavy atom. The lowest BCUT2D eigenvalue weighted by molar-refractivity contribution is 0.0907. The van der Waals surface area contributed by atoms with E-state index in [9.17, 15) is 0 Å². The molecule has 2 bridgehead atoms. The van der Waals surface area contributed by atoms with Crippen LogP contribution in [-0.2, 0) is 0 Å². The zero-order valence-corrected chi connectivity index (χ0v) is 18.9. The number of benzene rings is 1. The molecule has 0 amide bonds. The third kappa shape index (κ3) is 4.27. The van der Waals surface area contributed by atoms with Gasteiger partial charge in [0.05, 0.1) is 6.04 Å². The predicted molar refractivity (Wildman–Crippen MR) is 127 cm³/mol. The Hall–Kier alpha value is -1.87. The second-order valence-corrected chi connectivity index (χ2v) is 9.12. The van der Waals surface area contributed by atoms with Gasteiger partial charge in [0, 0.05) is 39.9 Å². The second kappa shape index (κ2) is 9.51. The molecule has 2 fully saturated rings. The van der Waals surface area contributed by atoms with E-state index in [2.05, 4.69) is 47.7 Å². The highest BCUT2D eigenvalue weighted by atomic mass is 35.5. The first-order chi connectivity index (χ1) is 14.6. The number of rotatable bonds is 6. The van der Waals surface area contributed by atoms with Gasteiger partial charge in [-0.25, -0.2) is 0 Å². The van der Waals surface area contributed by atoms with Gasteiger partial charge in [-0.15, -0.1) is 0 Å². The highest BCUT2D eigenvalue weighted by Gasteiger charge is 2.45. The molecule has 4 rings (SSSR count). The minimum Gasteiger partial charge on any atom is -0.287 e. The van der Waals surface area contributed by atoms with Crippen LogP contribution in [0.15, 0.2) is 84.1 Å². The van der Waals surface area contributed by atoms with Gasteiger partial charge in [0.1, 0.15) is 0 Å². The summed E-state index contributed by atoms with van der Waals surface area (Å²) in [7, 11) is 0. The quantitative estimate of drug-likeness (QED) is 0.435. The number of nitrogens with zero attached hydrogens (tertiary/aromatic N) is 2. The van der Waals surface area contributed by atoms with E-state index < -0.39 is 0 Å². The number of hydrogen-bond donors (Lipinski definition) is 0. The van der Waals surface area contributed by atoms with Gasteiger partial charge in [-0.3, -0.25) is 9.88 Å². The fraction of sp³-hybridized carbons (Fsp3) is 0.346. The van der Waals surface area contributed by atoms with Gasteiger partial charge in [-0.2, -0.15) is 0 Å². The van der Waals surface area contributed by atoms with E-state index in [1.54, 1.807) is 6.08 Å². The van der Waals surface area contributed by atoms with Gasteiger partial charge in [0.25, 0.3) is 0 Å². The summed E-state index contributed by atoms with van der Waals surface area (Å²) in [6, 6.07) is 15.5. The second-order valence-electron chi connectivity index (χ2n) is 8.30. The Labute approximate surface area is 189 Å². The Kier molecular flexibility index (Phi) is 6.77.